The third-order valence-corrected chi connectivity index (χ3v) is 8.37. The predicted molar refractivity (Wildman–Crippen MR) is 160 cm³/mol. The van der Waals surface area contributed by atoms with Crippen LogP contribution < -0.4 is 19.3 Å². The fourth-order valence-electron chi connectivity index (χ4n) is 5.95. The molecule has 39 heavy (non-hydrogen) atoms. The van der Waals surface area contributed by atoms with E-state index in [9.17, 15) is 5.11 Å². The number of nitrogens with zero attached hydrogens (tertiary/aromatic N) is 2. The second-order valence-electron chi connectivity index (χ2n) is 11.5. The molecule has 0 spiro atoms. The first-order chi connectivity index (χ1) is 19.1. The number of rotatable bonds is 17. The largest absolute Gasteiger partial charge is 0.494 e. The van der Waals surface area contributed by atoms with E-state index in [-0.39, 0.29) is 13.2 Å². The number of hydrogen-bond donors (Lipinski definition) is 2. The zero-order valence-corrected chi connectivity index (χ0v) is 24.0. The molecule has 2 heterocycles. The number of unbranched alkanes of at least 4 members (excludes halogenated alkanes) is 3. The van der Waals surface area contributed by atoms with E-state index in [2.05, 4.69) is 53.1 Å². The lowest BCUT2D eigenvalue weighted by Gasteiger charge is -2.20. The third kappa shape index (κ3) is 9.61. The molecule has 6 heteroatoms. The summed E-state index contributed by atoms with van der Waals surface area (Å²) in [5, 5.41) is 18.6. The maximum Gasteiger partial charge on any atom is 0.119 e. The molecule has 4 rings (SSSR count). The lowest BCUT2D eigenvalue weighted by atomic mass is 9.95. The molecule has 0 aliphatic carbocycles. The van der Waals surface area contributed by atoms with Crippen LogP contribution in [0.5, 0.6) is 11.5 Å². The molecule has 0 amide bonds. The van der Waals surface area contributed by atoms with Gasteiger partial charge >= 0.3 is 0 Å². The SMILES string of the molecule is CCCCCCOc1ccc(N2CCC(CCCC3CCN(c4ccc(OCC(O)CCO)cc4)C3)C2)cc1. The van der Waals surface area contributed by atoms with Crippen molar-refractivity contribution in [3.8, 4) is 11.5 Å². The minimum atomic E-state index is -0.627. The Hall–Kier alpha value is -2.44. The number of hydrogen-bond acceptors (Lipinski definition) is 6. The van der Waals surface area contributed by atoms with E-state index in [0.717, 1.165) is 49.5 Å². The van der Waals surface area contributed by atoms with E-state index in [4.69, 9.17) is 14.6 Å². The van der Waals surface area contributed by atoms with Crippen molar-refractivity contribution in [1.29, 1.82) is 0 Å². The average Bonchev–Trinajstić information content (AvgIpc) is 3.63. The fourth-order valence-corrected chi connectivity index (χ4v) is 5.95. The Morgan fingerprint density at radius 3 is 1.87 bits per heavy atom. The van der Waals surface area contributed by atoms with Gasteiger partial charge in [0.25, 0.3) is 0 Å². The summed E-state index contributed by atoms with van der Waals surface area (Å²) in [4.78, 5) is 5.04. The van der Waals surface area contributed by atoms with E-state index in [1.807, 2.05) is 12.1 Å². The van der Waals surface area contributed by atoms with Crippen LogP contribution in [0.3, 0.4) is 0 Å². The van der Waals surface area contributed by atoms with Gasteiger partial charge in [-0.15, -0.1) is 0 Å². The highest BCUT2D eigenvalue weighted by atomic mass is 16.5. The maximum atomic E-state index is 9.72. The second-order valence-corrected chi connectivity index (χ2v) is 11.5. The predicted octanol–water partition coefficient (Wildman–Crippen LogP) is 6.29. The number of aliphatic hydroxyl groups excluding tert-OH is 2. The lowest BCUT2D eigenvalue weighted by Crippen LogP contribution is -2.20. The Labute approximate surface area is 235 Å². The van der Waals surface area contributed by atoms with Crippen molar-refractivity contribution in [2.45, 2.75) is 77.2 Å². The molecule has 3 unspecified atom stereocenters. The average molecular weight is 539 g/mol. The number of anilines is 2. The molecule has 3 atom stereocenters. The number of ether oxygens (including phenoxy) is 2. The topological polar surface area (TPSA) is 65.4 Å². The van der Waals surface area contributed by atoms with Gasteiger partial charge in [-0.3, -0.25) is 0 Å². The summed E-state index contributed by atoms with van der Waals surface area (Å²) in [6.45, 7) is 7.86. The molecule has 2 N–H and O–H groups in total. The molecule has 0 radical (unpaired) electrons. The summed E-state index contributed by atoms with van der Waals surface area (Å²) in [5.41, 5.74) is 2.58. The molecular formula is C33H50N2O4. The van der Waals surface area contributed by atoms with Crippen molar-refractivity contribution in [2.75, 3.05) is 55.8 Å². The van der Waals surface area contributed by atoms with Gasteiger partial charge in [0.05, 0.1) is 12.7 Å². The van der Waals surface area contributed by atoms with Gasteiger partial charge in [-0.1, -0.05) is 32.6 Å². The van der Waals surface area contributed by atoms with E-state index >= 15 is 0 Å². The van der Waals surface area contributed by atoms with Gasteiger partial charge in [-0.25, -0.2) is 0 Å². The van der Waals surface area contributed by atoms with Crippen LogP contribution in [0.2, 0.25) is 0 Å². The van der Waals surface area contributed by atoms with Gasteiger partial charge < -0.3 is 29.5 Å². The summed E-state index contributed by atoms with van der Waals surface area (Å²) >= 11 is 0. The molecule has 6 nitrogen and oxygen atoms in total. The Balaban J connectivity index is 1.10. The van der Waals surface area contributed by atoms with E-state index in [1.54, 1.807) is 0 Å². The van der Waals surface area contributed by atoms with Crippen molar-refractivity contribution >= 4 is 11.4 Å². The first-order valence-electron chi connectivity index (χ1n) is 15.4. The van der Waals surface area contributed by atoms with Gasteiger partial charge in [0.15, 0.2) is 0 Å². The van der Waals surface area contributed by atoms with Crippen LogP contribution in [0.1, 0.15) is 71.1 Å². The van der Waals surface area contributed by atoms with Crippen molar-refractivity contribution in [2.24, 2.45) is 11.8 Å². The molecule has 2 aliphatic rings. The normalized spacial score (nSPS) is 20.0. The Bertz CT molecular complexity index is 936. The number of aliphatic hydroxyl groups is 2. The van der Waals surface area contributed by atoms with Crippen molar-refractivity contribution in [1.82, 2.24) is 0 Å². The van der Waals surface area contributed by atoms with E-state index in [0.29, 0.717) is 6.42 Å². The summed E-state index contributed by atoms with van der Waals surface area (Å²) in [6, 6.07) is 16.9. The lowest BCUT2D eigenvalue weighted by molar-refractivity contribution is 0.0822. The van der Waals surface area contributed by atoms with Gasteiger partial charge in [-0.2, -0.15) is 0 Å². The van der Waals surface area contributed by atoms with Crippen molar-refractivity contribution in [3.63, 3.8) is 0 Å². The summed E-state index contributed by atoms with van der Waals surface area (Å²) in [5.74, 6) is 3.34. The molecule has 0 bridgehead atoms. The smallest absolute Gasteiger partial charge is 0.119 e. The van der Waals surface area contributed by atoms with E-state index < -0.39 is 6.10 Å². The molecule has 0 saturated carbocycles. The minimum absolute atomic E-state index is 0.0251. The molecule has 0 aromatic heterocycles. The molecular weight excluding hydrogens is 488 g/mol. The van der Waals surface area contributed by atoms with Crippen LogP contribution in [0.25, 0.3) is 0 Å². The molecule has 216 valence electrons. The molecule has 2 saturated heterocycles. The minimum Gasteiger partial charge on any atom is -0.494 e. The maximum absolute atomic E-state index is 9.72. The quantitative estimate of drug-likeness (QED) is 0.231. The van der Waals surface area contributed by atoms with Crippen LogP contribution in [0.15, 0.2) is 48.5 Å². The summed E-state index contributed by atoms with van der Waals surface area (Å²) < 4.78 is 11.6. The first kappa shape index (κ1) is 29.5. The van der Waals surface area contributed by atoms with Crippen LogP contribution in [0.4, 0.5) is 11.4 Å². The van der Waals surface area contributed by atoms with Gasteiger partial charge in [0.2, 0.25) is 0 Å². The van der Waals surface area contributed by atoms with Crippen LogP contribution >= 0.6 is 0 Å². The van der Waals surface area contributed by atoms with E-state index in [1.165, 1.54) is 75.8 Å². The second kappa shape index (κ2) is 16.0. The molecule has 2 aliphatic heterocycles. The van der Waals surface area contributed by atoms with Gasteiger partial charge in [0.1, 0.15) is 18.1 Å². The highest BCUT2D eigenvalue weighted by Crippen LogP contribution is 2.31. The Kier molecular flexibility index (Phi) is 12.1. The third-order valence-electron chi connectivity index (χ3n) is 8.37. The fraction of sp³-hybridized carbons (Fsp3) is 0.636. The number of benzene rings is 2. The Morgan fingerprint density at radius 1 is 0.769 bits per heavy atom. The van der Waals surface area contributed by atoms with Crippen molar-refractivity contribution < 1.29 is 19.7 Å². The molecule has 2 aromatic carbocycles. The van der Waals surface area contributed by atoms with Crippen LogP contribution in [-0.2, 0) is 0 Å². The first-order valence-corrected chi connectivity index (χ1v) is 15.4. The van der Waals surface area contributed by atoms with Gasteiger partial charge in [-0.05, 0) is 98.9 Å². The summed E-state index contributed by atoms with van der Waals surface area (Å²) in [6.07, 6.45) is 11.2. The molecule has 2 aromatic rings. The van der Waals surface area contributed by atoms with Crippen LogP contribution in [-0.4, -0.2) is 62.3 Å². The highest BCUT2D eigenvalue weighted by Gasteiger charge is 2.25. The summed E-state index contributed by atoms with van der Waals surface area (Å²) in [7, 11) is 0. The Morgan fingerprint density at radius 2 is 1.33 bits per heavy atom. The van der Waals surface area contributed by atoms with Crippen LogP contribution in [0, 0.1) is 11.8 Å². The zero-order valence-electron chi connectivity index (χ0n) is 24.0. The highest BCUT2D eigenvalue weighted by molar-refractivity contribution is 5.50. The van der Waals surface area contributed by atoms with Crippen molar-refractivity contribution in [3.05, 3.63) is 48.5 Å². The zero-order chi connectivity index (χ0) is 27.3. The van der Waals surface area contributed by atoms with Gasteiger partial charge in [0, 0.05) is 44.2 Å². The standard InChI is InChI=1S/C33H50N2O4/c1-2-3-4-5-23-38-32-13-9-29(10-14-32)34-20-17-27(24-34)7-6-8-28-18-21-35(25-28)30-11-15-33(16-12-30)39-26-31(37)19-22-36/h9-16,27-28,31,36-37H,2-8,17-26H2,1H3. The monoisotopic (exact) mass is 538 g/mol. The molecule has 2 fully saturated rings.